The Hall–Kier alpha value is -2.24. The van der Waals surface area contributed by atoms with Crippen LogP contribution >= 0.6 is 34.4 Å². The third-order valence-electron chi connectivity index (χ3n) is 4.37. The van der Waals surface area contributed by atoms with Crippen LogP contribution in [0.4, 0.5) is 11.4 Å². The third kappa shape index (κ3) is 7.14. The van der Waals surface area contributed by atoms with Crippen molar-refractivity contribution in [3.63, 3.8) is 0 Å². The van der Waals surface area contributed by atoms with Crippen molar-refractivity contribution in [1.82, 2.24) is 0 Å². The lowest BCUT2D eigenvalue weighted by Gasteiger charge is -2.12. The highest BCUT2D eigenvalue weighted by Crippen LogP contribution is 2.30. The maximum Gasteiger partial charge on any atom is 0.225 e. The van der Waals surface area contributed by atoms with Gasteiger partial charge in [-0.2, -0.15) is 0 Å². The molecule has 32 heavy (non-hydrogen) atoms. The zero-order chi connectivity index (χ0) is 22.9. The summed E-state index contributed by atoms with van der Waals surface area (Å²) in [5.74, 6) is 1.82. The second-order valence-electron chi connectivity index (χ2n) is 6.56. The summed E-state index contributed by atoms with van der Waals surface area (Å²) in [6.07, 6.45) is 0.406. The van der Waals surface area contributed by atoms with Crippen LogP contribution in [-0.4, -0.2) is 30.1 Å². The first-order valence-electron chi connectivity index (χ1n) is 9.67. The summed E-state index contributed by atoms with van der Waals surface area (Å²) in [6.45, 7) is 0. The number of ether oxygens (including phenoxy) is 2. The summed E-state index contributed by atoms with van der Waals surface area (Å²) < 4.78 is 27.3. The fourth-order valence-electron chi connectivity index (χ4n) is 2.72. The molecule has 0 aliphatic carbocycles. The van der Waals surface area contributed by atoms with E-state index in [2.05, 4.69) is 44.8 Å². The van der Waals surface area contributed by atoms with Crippen molar-refractivity contribution < 1.29 is 18.5 Å². The Bertz CT molecular complexity index is 1080. The molecule has 3 rings (SSSR count). The van der Waals surface area contributed by atoms with Gasteiger partial charge in [0.15, 0.2) is 0 Å². The Kier molecular flexibility index (Phi) is 9.24. The number of hydrogen-bond acceptors (Lipinski definition) is 5. The van der Waals surface area contributed by atoms with Crippen molar-refractivity contribution in [2.24, 2.45) is 0 Å². The quantitative estimate of drug-likeness (QED) is 0.242. The molecule has 0 aromatic heterocycles. The van der Waals surface area contributed by atoms with Gasteiger partial charge in [0, 0.05) is 32.4 Å². The van der Waals surface area contributed by atoms with Crippen molar-refractivity contribution in [2.75, 3.05) is 30.0 Å². The average Bonchev–Trinajstić information content (AvgIpc) is 2.81. The van der Waals surface area contributed by atoms with E-state index in [-0.39, 0.29) is 5.91 Å². The van der Waals surface area contributed by atoms with E-state index in [1.807, 2.05) is 12.1 Å². The molecule has 0 saturated heterocycles. The van der Waals surface area contributed by atoms with Crippen molar-refractivity contribution in [3.05, 3.63) is 70.3 Å². The Labute approximate surface area is 208 Å². The van der Waals surface area contributed by atoms with Gasteiger partial charge < -0.3 is 14.8 Å². The van der Waals surface area contributed by atoms with Gasteiger partial charge in [-0.15, -0.1) is 11.8 Å². The minimum atomic E-state index is -1.49. The zero-order valence-electron chi connectivity index (χ0n) is 17.6. The first kappa shape index (κ1) is 24.4. The van der Waals surface area contributed by atoms with E-state index >= 15 is 0 Å². The van der Waals surface area contributed by atoms with Gasteiger partial charge in [0.1, 0.15) is 22.5 Å². The normalized spacial score (nSPS) is 11.5. The van der Waals surface area contributed by atoms with Crippen LogP contribution in [-0.2, 0) is 15.8 Å². The first-order chi connectivity index (χ1) is 15.5. The molecule has 6 nitrogen and oxygen atoms in total. The van der Waals surface area contributed by atoms with Crippen LogP contribution in [0.5, 0.6) is 11.5 Å². The minimum absolute atomic E-state index is 0.0574. The lowest BCUT2D eigenvalue weighted by atomic mass is 10.3. The predicted octanol–water partition coefficient (Wildman–Crippen LogP) is 5.56. The molecule has 168 valence electrons. The third-order valence-corrected chi connectivity index (χ3v) is 7.21. The Morgan fingerprint density at radius 1 is 1.00 bits per heavy atom. The number of amides is 1. The molecule has 0 aliphatic rings. The number of hydrogen-bond donors (Lipinski definition) is 2. The van der Waals surface area contributed by atoms with Gasteiger partial charge in [0.05, 0.1) is 24.8 Å². The molecule has 3 aromatic rings. The summed E-state index contributed by atoms with van der Waals surface area (Å²) in [4.78, 5) is 13.9. The smallest absolute Gasteiger partial charge is 0.225 e. The van der Waals surface area contributed by atoms with Gasteiger partial charge in [-0.1, -0.05) is 0 Å². The second-order valence-corrected chi connectivity index (χ2v) is 10.2. The highest BCUT2D eigenvalue weighted by molar-refractivity contribution is 14.1. The van der Waals surface area contributed by atoms with Crippen LogP contribution in [0.15, 0.2) is 76.5 Å². The monoisotopic (exact) mass is 582 g/mol. The van der Waals surface area contributed by atoms with Crippen LogP contribution in [0.25, 0.3) is 0 Å². The zero-order valence-corrected chi connectivity index (χ0v) is 21.4. The minimum Gasteiger partial charge on any atom is -0.497 e. The SMILES string of the molecule is COc1ccc(NS(=O)c2ccc(NC(=O)CCSc3ccc(I)cc3)cc2)c(OC)c1. The number of rotatable bonds is 10. The van der Waals surface area contributed by atoms with Gasteiger partial charge in [-0.3, -0.25) is 9.52 Å². The molecule has 1 amide bonds. The van der Waals surface area contributed by atoms with E-state index in [0.29, 0.717) is 39.9 Å². The highest BCUT2D eigenvalue weighted by Gasteiger charge is 2.10. The predicted molar refractivity (Wildman–Crippen MR) is 139 cm³/mol. The summed E-state index contributed by atoms with van der Waals surface area (Å²) in [5, 5.41) is 2.88. The molecular formula is C23H23IN2O4S2. The van der Waals surface area contributed by atoms with Crippen LogP contribution < -0.4 is 19.5 Å². The summed E-state index contributed by atoms with van der Waals surface area (Å²) >= 11 is 3.92. The largest absolute Gasteiger partial charge is 0.497 e. The lowest BCUT2D eigenvalue weighted by molar-refractivity contribution is -0.115. The van der Waals surface area contributed by atoms with Crippen molar-refractivity contribution in [2.45, 2.75) is 16.2 Å². The molecule has 0 fully saturated rings. The molecule has 0 spiro atoms. The maximum absolute atomic E-state index is 12.7. The van der Waals surface area contributed by atoms with Crippen LogP contribution in [0, 0.1) is 3.57 Å². The molecule has 0 aliphatic heterocycles. The van der Waals surface area contributed by atoms with Gasteiger partial charge >= 0.3 is 0 Å². The molecule has 0 bridgehead atoms. The summed E-state index contributed by atoms with van der Waals surface area (Å²) in [7, 11) is 1.62. The van der Waals surface area contributed by atoms with Gasteiger partial charge in [-0.25, -0.2) is 4.21 Å². The topological polar surface area (TPSA) is 76.7 Å². The van der Waals surface area contributed by atoms with Crippen molar-refractivity contribution >= 4 is 62.6 Å². The van der Waals surface area contributed by atoms with Gasteiger partial charge in [0.2, 0.25) is 5.91 Å². The Morgan fingerprint density at radius 3 is 2.38 bits per heavy atom. The fraction of sp³-hybridized carbons (Fsp3) is 0.174. The first-order valence-corrected chi connectivity index (χ1v) is 12.9. The number of carbonyl (C=O) groups is 1. The number of carbonyl (C=O) groups excluding carboxylic acids is 1. The molecule has 3 aromatic carbocycles. The van der Waals surface area contributed by atoms with E-state index in [1.54, 1.807) is 68.4 Å². The second kappa shape index (κ2) is 12.1. The standard InChI is InChI=1S/C23H23IN2O4S2/c1-29-18-7-12-21(22(15-18)30-2)26-32(28)20-10-5-17(6-11-20)25-23(27)13-14-31-19-8-3-16(24)4-9-19/h3-12,15,26H,13-14H2,1-2H3,(H,25,27). The van der Waals surface area contributed by atoms with Crippen molar-refractivity contribution in [3.8, 4) is 11.5 Å². The summed E-state index contributed by atoms with van der Waals surface area (Å²) in [6, 6.07) is 20.4. The highest BCUT2D eigenvalue weighted by atomic mass is 127. The van der Waals surface area contributed by atoms with E-state index < -0.39 is 11.0 Å². The molecule has 9 heteroatoms. The van der Waals surface area contributed by atoms with Crippen LogP contribution in [0.1, 0.15) is 6.42 Å². The number of halogens is 1. The molecule has 0 heterocycles. The lowest BCUT2D eigenvalue weighted by Crippen LogP contribution is -2.12. The molecule has 1 atom stereocenters. The number of methoxy groups -OCH3 is 2. The average molecular weight is 582 g/mol. The number of anilines is 2. The number of thioether (sulfide) groups is 1. The molecule has 0 saturated carbocycles. The summed E-state index contributed by atoms with van der Waals surface area (Å²) in [5.41, 5.74) is 1.26. The van der Waals surface area contributed by atoms with Crippen LogP contribution in [0.2, 0.25) is 0 Å². The molecule has 1 unspecified atom stereocenters. The van der Waals surface area contributed by atoms with Crippen molar-refractivity contribution in [1.29, 1.82) is 0 Å². The molecular weight excluding hydrogens is 559 g/mol. The van der Waals surface area contributed by atoms with Crippen LogP contribution in [0.3, 0.4) is 0 Å². The molecule has 0 radical (unpaired) electrons. The Morgan fingerprint density at radius 2 is 1.72 bits per heavy atom. The number of benzene rings is 3. The van der Waals surface area contributed by atoms with Gasteiger partial charge in [0.25, 0.3) is 0 Å². The Balaban J connectivity index is 1.51. The van der Waals surface area contributed by atoms with E-state index in [0.717, 1.165) is 4.90 Å². The van der Waals surface area contributed by atoms with Gasteiger partial charge in [-0.05, 0) is 83.3 Å². The number of nitrogens with one attached hydrogen (secondary N) is 2. The van der Waals surface area contributed by atoms with E-state index in [9.17, 15) is 9.00 Å². The van der Waals surface area contributed by atoms with E-state index in [4.69, 9.17) is 9.47 Å². The fourth-order valence-corrected chi connectivity index (χ4v) is 4.80. The molecule has 2 N–H and O–H groups in total. The van der Waals surface area contributed by atoms with E-state index in [1.165, 1.54) is 3.57 Å². The maximum atomic E-state index is 12.7.